The van der Waals surface area contributed by atoms with Crippen molar-refractivity contribution in [2.75, 3.05) is 13.2 Å². The normalized spacial score (nSPS) is 32.0. The van der Waals surface area contributed by atoms with E-state index in [1.54, 1.807) is 0 Å². The first-order valence-electron chi connectivity index (χ1n) is 3.72. The maximum absolute atomic E-state index is 10.6. The smallest absolute Gasteiger partial charge is 0.407 e. The maximum Gasteiger partial charge on any atom is 0.407 e. The quantitative estimate of drug-likeness (QED) is 0.568. The number of amides is 1. The molecule has 4 heteroatoms. The predicted octanol–water partition coefficient (Wildman–Crippen LogP) is 0.774. The molecule has 1 rings (SSSR count). The van der Waals surface area contributed by atoms with Gasteiger partial charge in [0, 0.05) is 0 Å². The summed E-state index contributed by atoms with van der Waals surface area (Å²) >= 11 is 0. The van der Waals surface area contributed by atoms with Crippen molar-refractivity contribution in [1.82, 2.24) is 4.90 Å². The molecule has 4 nitrogen and oxygen atoms in total. The van der Waals surface area contributed by atoms with Gasteiger partial charge in [0.2, 0.25) is 0 Å². The Morgan fingerprint density at radius 3 is 2.73 bits per heavy atom. The van der Waals surface area contributed by atoms with E-state index < -0.39 is 6.09 Å². The molecule has 0 aromatic rings. The minimum atomic E-state index is -0.854. The number of morpholine rings is 1. The molecule has 0 aliphatic carbocycles. The van der Waals surface area contributed by atoms with E-state index in [1.165, 1.54) is 4.90 Å². The van der Waals surface area contributed by atoms with E-state index in [4.69, 9.17) is 9.84 Å². The van der Waals surface area contributed by atoms with Crippen LogP contribution in [-0.4, -0.2) is 41.4 Å². The Morgan fingerprint density at radius 1 is 1.64 bits per heavy atom. The Labute approximate surface area is 65.8 Å². The van der Waals surface area contributed by atoms with E-state index in [0.29, 0.717) is 13.2 Å². The van der Waals surface area contributed by atoms with Gasteiger partial charge < -0.3 is 14.7 Å². The van der Waals surface area contributed by atoms with Gasteiger partial charge in [0.05, 0.1) is 25.3 Å². The number of hydrogen-bond acceptors (Lipinski definition) is 2. The lowest BCUT2D eigenvalue weighted by Crippen LogP contribution is -2.49. The fourth-order valence-electron chi connectivity index (χ4n) is 1.17. The first kappa shape index (κ1) is 8.33. The van der Waals surface area contributed by atoms with Crippen LogP contribution in [0.15, 0.2) is 0 Å². The molecular formula is C7H13NO3. The van der Waals surface area contributed by atoms with Gasteiger partial charge in [-0.15, -0.1) is 0 Å². The van der Waals surface area contributed by atoms with Crippen LogP contribution < -0.4 is 0 Å². The van der Waals surface area contributed by atoms with Crippen LogP contribution in [0.2, 0.25) is 0 Å². The average Bonchev–Trinajstić information content (AvgIpc) is 1.94. The number of hydrogen-bond donors (Lipinski definition) is 1. The molecular weight excluding hydrogens is 146 g/mol. The lowest BCUT2D eigenvalue weighted by Gasteiger charge is -2.34. The zero-order valence-corrected chi connectivity index (χ0v) is 6.78. The second-order valence-electron chi connectivity index (χ2n) is 2.93. The van der Waals surface area contributed by atoms with E-state index in [9.17, 15) is 4.79 Å². The van der Waals surface area contributed by atoms with Crippen molar-refractivity contribution >= 4 is 6.09 Å². The van der Waals surface area contributed by atoms with Gasteiger partial charge in [0.25, 0.3) is 0 Å². The minimum Gasteiger partial charge on any atom is -0.465 e. The number of carboxylic acid groups (broad SMARTS) is 1. The highest BCUT2D eigenvalue weighted by molar-refractivity contribution is 5.65. The van der Waals surface area contributed by atoms with Crippen molar-refractivity contribution in [3.63, 3.8) is 0 Å². The van der Waals surface area contributed by atoms with Gasteiger partial charge >= 0.3 is 6.09 Å². The minimum absolute atomic E-state index is 0.0105. The summed E-state index contributed by atoms with van der Waals surface area (Å²) in [5, 5.41) is 8.70. The van der Waals surface area contributed by atoms with Crippen molar-refractivity contribution in [2.24, 2.45) is 0 Å². The Balaban J connectivity index is 2.54. The number of carbonyl (C=O) groups is 1. The second-order valence-corrected chi connectivity index (χ2v) is 2.93. The molecule has 64 valence electrons. The van der Waals surface area contributed by atoms with Crippen LogP contribution in [0, 0.1) is 0 Å². The molecule has 0 aromatic heterocycles. The van der Waals surface area contributed by atoms with Crippen molar-refractivity contribution < 1.29 is 14.6 Å². The first-order valence-corrected chi connectivity index (χ1v) is 3.72. The van der Waals surface area contributed by atoms with Gasteiger partial charge in [-0.25, -0.2) is 4.79 Å². The second kappa shape index (κ2) is 3.09. The van der Waals surface area contributed by atoms with Crippen molar-refractivity contribution in [3.05, 3.63) is 0 Å². The van der Waals surface area contributed by atoms with E-state index >= 15 is 0 Å². The van der Waals surface area contributed by atoms with Gasteiger partial charge in [-0.3, -0.25) is 0 Å². The first-order chi connectivity index (χ1) is 5.11. The summed E-state index contributed by atoms with van der Waals surface area (Å²) in [7, 11) is 0. The summed E-state index contributed by atoms with van der Waals surface area (Å²) in [5.74, 6) is 0. The number of nitrogens with zero attached hydrogens (tertiary/aromatic N) is 1. The summed E-state index contributed by atoms with van der Waals surface area (Å²) in [4.78, 5) is 12.0. The lowest BCUT2D eigenvalue weighted by atomic mass is 10.2. The third kappa shape index (κ3) is 1.83. The molecule has 0 saturated carbocycles. The third-order valence-corrected chi connectivity index (χ3v) is 1.85. The van der Waals surface area contributed by atoms with Crippen LogP contribution in [0.1, 0.15) is 13.8 Å². The summed E-state index contributed by atoms with van der Waals surface area (Å²) in [6.45, 7) is 4.71. The highest BCUT2D eigenvalue weighted by Crippen LogP contribution is 2.10. The molecule has 1 amide bonds. The van der Waals surface area contributed by atoms with Crippen LogP contribution in [0.5, 0.6) is 0 Å². The van der Waals surface area contributed by atoms with E-state index in [-0.39, 0.29) is 12.1 Å². The fourth-order valence-corrected chi connectivity index (χ4v) is 1.17. The third-order valence-electron chi connectivity index (χ3n) is 1.85. The summed E-state index contributed by atoms with van der Waals surface area (Å²) < 4.78 is 5.27. The topological polar surface area (TPSA) is 49.8 Å². The molecule has 2 atom stereocenters. The summed E-state index contributed by atoms with van der Waals surface area (Å²) in [5.41, 5.74) is 0. The lowest BCUT2D eigenvalue weighted by molar-refractivity contribution is -0.0401. The number of ether oxygens (including phenoxy) is 1. The Morgan fingerprint density at radius 2 is 2.27 bits per heavy atom. The van der Waals surface area contributed by atoms with Gasteiger partial charge in [-0.2, -0.15) is 0 Å². The Kier molecular flexibility index (Phi) is 2.34. The zero-order chi connectivity index (χ0) is 8.43. The van der Waals surface area contributed by atoms with Gasteiger partial charge in [0.15, 0.2) is 0 Å². The fraction of sp³-hybridized carbons (Fsp3) is 0.857. The molecule has 0 radical (unpaired) electrons. The molecule has 1 aliphatic heterocycles. The average molecular weight is 159 g/mol. The molecule has 0 spiro atoms. The molecule has 1 heterocycles. The molecule has 0 aromatic carbocycles. The molecule has 1 N–H and O–H groups in total. The van der Waals surface area contributed by atoms with Crippen LogP contribution in [0.4, 0.5) is 4.79 Å². The molecule has 11 heavy (non-hydrogen) atoms. The molecule has 1 fully saturated rings. The maximum atomic E-state index is 10.6. The standard InChI is InChI=1S/C7H13NO3/c1-5-4-11-6(2)3-8(5)7(9)10/h5-6H,3-4H2,1-2H3,(H,9,10)/t5-,6+/m0/s1. The Bertz CT molecular complexity index is 160. The molecule has 1 saturated heterocycles. The highest BCUT2D eigenvalue weighted by atomic mass is 16.5. The van der Waals surface area contributed by atoms with Crippen LogP contribution in [0.25, 0.3) is 0 Å². The van der Waals surface area contributed by atoms with Crippen molar-refractivity contribution in [2.45, 2.75) is 26.0 Å². The van der Waals surface area contributed by atoms with E-state index in [2.05, 4.69) is 0 Å². The largest absolute Gasteiger partial charge is 0.465 e. The van der Waals surface area contributed by atoms with Crippen molar-refractivity contribution in [1.29, 1.82) is 0 Å². The zero-order valence-electron chi connectivity index (χ0n) is 6.78. The van der Waals surface area contributed by atoms with E-state index in [0.717, 1.165) is 0 Å². The Hall–Kier alpha value is -0.770. The SMILES string of the molecule is C[C@@H]1CN(C(=O)O)[C@@H](C)CO1. The monoisotopic (exact) mass is 159 g/mol. The van der Waals surface area contributed by atoms with Gasteiger partial charge in [0.1, 0.15) is 0 Å². The van der Waals surface area contributed by atoms with Crippen LogP contribution in [0.3, 0.4) is 0 Å². The number of rotatable bonds is 0. The van der Waals surface area contributed by atoms with Gasteiger partial charge in [-0.05, 0) is 13.8 Å². The molecule has 0 unspecified atom stereocenters. The van der Waals surface area contributed by atoms with E-state index in [1.807, 2.05) is 13.8 Å². The summed E-state index contributed by atoms with van der Waals surface area (Å²) in [6.07, 6.45) is -0.824. The van der Waals surface area contributed by atoms with Gasteiger partial charge in [-0.1, -0.05) is 0 Å². The molecule has 0 bridgehead atoms. The highest BCUT2D eigenvalue weighted by Gasteiger charge is 2.26. The predicted molar refractivity (Wildman–Crippen MR) is 39.6 cm³/mol. The van der Waals surface area contributed by atoms with Crippen molar-refractivity contribution in [3.8, 4) is 0 Å². The van der Waals surface area contributed by atoms with Crippen LogP contribution in [-0.2, 0) is 4.74 Å². The summed E-state index contributed by atoms with van der Waals surface area (Å²) in [6, 6.07) is -0.0105. The van der Waals surface area contributed by atoms with Crippen LogP contribution >= 0.6 is 0 Å². The molecule has 1 aliphatic rings.